The van der Waals surface area contributed by atoms with Crippen LogP contribution in [-0.2, 0) is 0 Å². The second-order valence-electron chi connectivity index (χ2n) is 6.66. The molecule has 0 radical (unpaired) electrons. The molecule has 2 rings (SSSR count). The van der Waals surface area contributed by atoms with E-state index in [-0.39, 0.29) is 0 Å². The normalized spacial score (nSPS) is 32.1. The highest BCUT2D eigenvalue weighted by atomic mass is 15.2. The Balaban J connectivity index is 1.93. The minimum absolute atomic E-state index is 0.774. The predicted octanol–water partition coefficient (Wildman–Crippen LogP) is 3.81. The third-order valence-corrected chi connectivity index (χ3v) is 5.28. The van der Waals surface area contributed by atoms with Gasteiger partial charge in [-0.05, 0) is 51.1 Å². The van der Waals surface area contributed by atoms with Crippen LogP contribution in [0.5, 0.6) is 0 Å². The van der Waals surface area contributed by atoms with Crippen LogP contribution in [0.3, 0.4) is 0 Å². The number of hydrogen-bond donors (Lipinski definition) is 1. The summed E-state index contributed by atoms with van der Waals surface area (Å²) in [6.07, 6.45) is 12.7. The van der Waals surface area contributed by atoms with Gasteiger partial charge in [-0.1, -0.05) is 39.5 Å². The van der Waals surface area contributed by atoms with Crippen molar-refractivity contribution in [1.29, 1.82) is 0 Å². The Morgan fingerprint density at radius 2 is 1.89 bits per heavy atom. The molecule has 0 amide bonds. The molecule has 3 unspecified atom stereocenters. The molecule has 2 heteroatoms. The fourth-order valence-electron chi connectivity index (χ4n) is 4.09. The molecule has 0 aromatic rings. The molecule has 19 heavy (non-hydrogen) atoms. The Hall–Kier alpha value is -0.0800. The Labute approximate surface area is 120 Å². The van der Waals surface area contributed by atoms with Crippen molar-refractivity contribution in [3.05, 3.63) is 0 Å². The van der Waals surface area contributed by atoms with Gasteiger partial charge in [0.05, 0.1) is 0 Å². The van der Waals surface area contributed by atoms with Crippen LogP contribution < -0.4 is 5.32 Å². The van der Waals surface area contributed by atoms with E-state index in [0.717, 1.165) is 18.0 Å². The van der Waals surface area contributed by atoms with Crippen molar-refractivity contribution in [2.75, 3.05) is 19.6 Å². The summed E-state index contributed by atoms with van der Waals surface area (Å²) in [5.41, 5.74) is 0. The Morgan fingerprint density at radius 1 is 1.05 bits per heavy atom. The van der Waals surface area contributed by atoms with Crippen molar-refractivity contribution < 1.29 is 0 Å². The third kappa shape index (κ3) is 4.46. The highest BCUT2D eigenvalue weighted by Gasteiger charge is 2.30. The van der Waals surface area contributed by atoms with E-state index in [2.05, 4.69) is 24.1 Å². The summed E-state index contributed by atoms with van der Waals surface area (Å²) in [4.78, 5) is 2.86. The van der Waals surface area contributed by atoms with Gasteiger partial charge in [0.2, 0.25) is 0 Å². The molecule has 1 aliphatic heterocycles. The summed E-state index contributed by atoms with van der Waals surface area (Å²) in [7, 11) is 0. The summed E-state index contributed by atoms with van der Waals surface area (Å²) in [5, 5.41) is 3.69. The van der Waals surface area contributed by atoms with Gasteiger partial charge in [-0.25, -0.2) is 0 Å². The standard InChI is InChI=1S/C17H34N2/c1-3-5-13-19(14-16-10-8-12-18-16)17-11-7-6-9-15(17)4-2/h15-18H,3-14H2,1-2H3. The Bertz CT molecular complexity index is 235. The van der Waals surface area contributed by atoms with Gasteiger partial charge >= 0.3 is 0 Å². The lowest BCUT2D eigenvalue weighted by Crippen LogP contribution is -2.48. The minimum atomic E-state index is 0.774. The molecular weight excluding hydrogens is 232 g/mol. The predicted molar refractivity (Wildman–Crippen MR) is 83.5 cm³/mol. The SMILES string of the molecule is CCCCN(CC1CCCN1)C1CCCCC1CC. The third-order valence-electron chi connectivity index (χ3n) is 5.28. The Kier molecular flexibility index (Phi) is 6.66. The van der Waals surface area contributed by atoms with E-state index in [1.54, 1.807) is 0 Å². The van der Waals surface area contributed by atoms with E-state index in [0.29, 0.717) is 0 Å². The fourth-order valence-corrected chi connectivity index (χ4v) is 4.09. The number of unbranched alkanes of at least 4 members (excludes halogenated alkanes) is 1. The smallest absolute Gasteiger partial charge is 0.0195 e. The minimum Gasteiger partial charge on any atom is -0.313 e. The monoisotopic (exact) mass is 266 g/mol. The summed E-state index contributed by atoms with van der Waals surface area (Å²) < 4.78 is 0. The van der Waals surface area contributed by atoms with Crippen molar-refractivity contribution in [2.24, 2.45) is 5.92 Å². The molecule has 112 valence electrons. The maximum absolute atomic E-state index is 3.69. The first-order chi connectivity index (χ1) is 9.35. The maximum Gasteiger partial charge on any atom is 0.0195 e. The molecule has 2 aliphatic rings. The lowest BCUT2D eigenvalue weighted by atomic mass is 9.81. The molecule has 1 heterocycles. The van der Waals surface area contributed by atoms with Crippen molar-refractivity contribution in [2.45, 2.75) is 83.7 Å². The van der Waals surface area contributed by atoms with Crippen LogP contribution in [0.4, 0.5) is 0 Å². The van der Waals surface area contributed by atoms with Gasteiger partial charge in [0, 0.05) is 18.6 Å². The average molecular weight is 266 g/mol. The largest absolute Gasteiger partial charge is 0.313 e. The van der Waals surface area contributed by atoms with Crippen LogP contribution in [-0.4, -0.2) is 36.6 Å². The van der Waals surface area contributed by atoms with Crippen LogP contribution in [0.25, 0.3) is 0 Å². The van der Waals surface area contributed by atoms with Crippen LogP contribution in [0.2, 0.25) is 0 Å². The van der Waals surface area contributed by atoms with Crippen LogP contribution in [0, 0.1) is 5.92 Å². The van der Waals surface area contributed by atoms with Gasteiger partial charge in [0.15, 0.2) is 0 Å². The zero-order valence-electron chi connectivity index (χ0n) is 13.2. The summed E-state index contributed by atoms with van der Waals surface area (Å²) >= 11 is 0. The number of nitrogens with one attached hydrogen (secondary N) is 1. The van der Waals surface area contributed by atoms with Crippen molar-refractivity contribution in [3.8, 4) is 0 Å². The van der Waals surface area contributed by atoms with Crippen LogP contribution in [0.1, 0.15) is 71.6 Å². The zero-order valence-corrected chi connectivity index (χ0v) is 13.2. The quantitative estimate of drug-likeness (QED) is 0.754. The first-order valence-electron chi connectivity index (χ1n) is 8.82. The lowest BCUT2D eigenvalue weighted by Gasteiger charge is -2.41. The van der Waals surface area contributed by atoms with Gasteiger partial charge in [-0.3, -0.25) is 4.90 Å². The Morgan fingerprint density at radius 3 is 2.58 bits per heavy atom. The average Bonchev–Trinajstić information content (AvgIpc) is 2.96. The van der Waals surface area contributed by atoms with Crippen LogP contribution in [0.15, 0.2) is 0 Å². The molecule has 0 spiro atoms. The lowest BCUT2D eigenvalue weighted by molar-refractivity contribution is 0.0911. The van der Waals surface area contributed by atoms with E-state index in [1.807, 2.05) is 0 Å². The summed E-state index contributed by atoms with van der Waals surface area (Å²) in [6.45, 7) is 8.60. The molecule has 1 saturated carbocycles. The first-order valence-corrected chi connectivity index (χ1v) is 8.82. The van der Waals surface area contributed by atoms with E-state index < -0.39 is 0 Å². The molecule has 0 bridgehead atoms. The van der Waals surface area contributed by atoms with Gasteiger partial charge in [0.25, 0.3) is 0 Å². The number of hydrogen-bond acceptors (Lipinski definition) is 2. The number of nitrogens with zero attached hydrogens (tertiary/aromatic N) is 1. The van der Waals surface area contributed by atoms with Gasteiger partial charge < -0.3 is 5.32 Å². The second kappa shape index (κ2) is 8.26. The summed E-state index contributed by atoms with van der Waals surface area (Å²) in [5.74, 6) is 0.965. The number of rotatable bonds is 7. The summed E-state index contributed by atoms with van der Waals surface area (Å²) in [6, 6.07) is 1.66. The van der Waals surface area contributed by atoms with Crippen LogP contribution >= 0.6 is 0 Å². The molecule has 1 aliphatic carbocycles. The van der Waals surface area contributed by atoms with Crippen molar-refractivity contribution >= 4 is 0 Å². The molecule has 2 nitrogen and oxygen atoms in total. The fraction of sp³-hybridized carbons (Fsp3) is 1.00. The molecule has 0 aromatic heterocycles. The van der Waals surface area contributed by atoms with E-state index >= 15 is 0 Å². The van der Waals surface area contributed by atoms with Gasteiger partial charge in [-0.2, -0.15) is 0 Å². The zero-order chi connectivity index (χ0) is 13.5. The van der Waals surface area contributed by atoms with Crippen molar-refractivity contribution in [3.63, 3.8) is 0 Å². The molecule has 3 atom stereocenters. The van der Waals surface area contributed by atoms with Gasteiger partial charge in [-0.15, -0.1) is 0 Å². The molecule has 0 aromatic carbocycles. The molecule has 1 saturated heterocycles. The van der Waals surface area contributed by atoms with Gasteiger partial charge in [0.1, 0.15) is 0 Å². The topological polar surface area (TPSA) is 15.3 Å². The maximum atomic E-state index is 3.69. The molecule has 1 N–H and O–H groups in total. The second-order valence-corrected chi connectivity index (χ2v) is 6.66. The molecular formula is C17H34N2. The van der Waals surface area contributed by atoms with E-state index in [9.17, 15) is 0 Å². The highest BCUT2D eigenvalue weighted by Crippen LogP contribution is 2.31. The van der Waals surface area contributed by atoms with Crippen molar-refractivity contribution in [1.82, 2.24) is 10.2 Å². The van der Waals surface area contributed by atoms with E-state index in [1.165, 1.54) is 77.4 Å². The van der Waals surface area contributed by atoms with E-state index in [4.69, 9.17) is 0 Å². The molecule has 2 fully saturated rings. The highest BCUT2D eigenvalue weighted by molar-refractivity contribution is 4.86. The first kappa shape index (κ1) is 15.3.